The smallest absolute Gasteiger partial charge is 0.322 e. The van der Waals surface area contributed by atoms with Gasteiger partial charge in [-0.25, -0.2) is 4.18 Å². The highest BCUT2D eigenvalue weighted by atomic mass is 32.2. The normalized spacial score (nSPS) is 37.6. The lowest BCUT2D eigenvalue weighted by molar-refractivity contribution is -0.409. The predicted octanol–water partition coefficient (Wildman–Crippen LogP) is -0.963. The maximum Gasteiger partial charge on any atom is 0.322 e. The number of ether oxygens (including phenoxy) is 1. The lowest BCUT2D eigenvalue weighted by Gasteiger charge is -2.42. The van der Waals surface area contributed by atoms with E-state index < -0.39 is 30.4 Å². The Morgan fingerprint density at radius 2 is 1.85 bits per heavy atom. The fraction of sp³-hybridized carbons (Fsp3) is 0.417. The average Bonchev–Trinajstić information content (AvgIpc) is 2.48. The number of aliphatic hydroxyl groups is 4. The average molecular weight is 302 g/mol. The molecular formula is C12H14O7S. The number of carbonyl (C=O) groups is 1. The largest absolute Gasteiger partial charge is 0.387 e. The highest BCUT2D eigenvalue weighted by Crippen LogP contribution is 2.34. The summed E-state index contributed by atoms with van der Waals surface area (Å²) in [5, 5.41) is 38.8. The van der Waals surface area contributed by atoms with Crippen LogP contribution in [0.2, 0.25) is 0 Å². The molecule has 0 unspecified atom stereocenters. The van der Waals surface area contributed by atoms with E-state index in [2.05, 4.69) is 0 Å². The Morgan fingerprint density at radius 1 is 1.20 bits per heavy atom. The minimum atomic E-state index is -2.61. The first kappa shape index (κ1) is 15.4. The minimum Gasteiger partial charge on any atom is -0.387 e. The third-order valence-electron chi connectivity index (χ3n) is 2.82. The Hall–Kier alpha value is -1.00. The number of hydrogen-bond acceptors (Lipinski definition) is 8. The molecule has 1 heterocycles. The van der Waals surface area contributed by atoms with Crippen molar-refractivity contribution in [3.05, 3.63) is 30.3 Å². The van der Waals surface area contributed by atoms with Crippen molar-refractivity contribution in [1.82, 2.24) is 0 Å². The summed E-state index contributed by atoms with van der Waals surface area (Å²) in [6, 6.07) is 8.63. The zero-order chi connectivity index (χ0) is 14.8. The Morgan fingerprint density at radius 3 is 2.45 bits per heavy atom. The van der Waals surface area contributed by atoms with E-state index >= 15 is 0 Å². The summed E-state index contributed by atoms with van der Waals surface area (Å²) in [4.78, 5) is 11.3. The first-order chi connectivity index (χ1) is 9.48. The first-order valence-corrected chi connectivity index (χ1v) is 6.52. The number of carbonyl (C=O) groups excluding carboxylic acids is 1. The molecule has 2 rings (SSSR count). The monoisotopic (exact) mass is 302 g/mol. The van der Waals surface area contributed by atoms with Crippen molar-refractivity contribution in [2.75, 3.05) is 0 Å². The van der Waals surface area contributed by atoms with Crippen molar-refractivity contribution >= 4 is 18.3 Å². The molecule has 8 heteroatoms. The maximum absolute atomic E-state index is 10.7. The Labute approximate surface area is 119 Å². The van der Waals surface area contributed by atoms with Gasteiger partial charge in [0.15, 0.2) is 12.4 Å². The van der Waals surface area contributed by atoms with Crippen molar-refractivity contribution in [3.63, 3.8) is 0 Å². The first-order valence-electron chi connectivity index (χ1n) is 5.78. The highest BCUT2D eigenvalue weighted by molar-refractivity contribution is 7.94. The lowest BCUT2D eigenvalue weighted by atomic mass is 9.98. The van der Waals surface area contributed by atoms with Gasteiger partial charge < -0.3 is 30.0 Å². The Kier molecular flexibility index (Phi) is 4.76. The van der Waals surface area contributed by atoms with Crippen molar-refractivity contribution in [2.45, 2.75) is 35.3 Å². The van der Waals surface area contributed by atoms with Crippen LogP contribution in [-0.4, -0.2) is 57.1 Å². The molecule has 0 aliphatic carbocycles. The van der Waals surface area contributed by atoms with Crippen molar-refractivity contribution in [1.29, 1.82) is 0 Å². The fourth-order valence-corrected chi connectivity index (χ4v) is 2.31. The summed E-state index contributed by atoms with van der Waals surface area (Å²) in [5.41, 5.74) is 0. The predicted molar refractivity (Wildman–Crippen MR) is 67.3 cm³/mol. The molecule has 110 valence electrons. The van der Waals surface area contributed by atoms with Crippen LogP contribution < -0.4 is 0 Å². The van der Waals surface area contributed by atoms with Crippen LogP contribution in [-0.2, 0) is 13.7 Å². The molecule has 1 aliphatic rings. The van der Waals surface area contributed by atoms with Gasteiger partial charge in [-0.1, -0.05) is 18.2 Å². The molecule has 5 atom stereocenters. The second-order valence-electron chi connectivity index (χ2n) is 4.26. The van der Waals surface area contributed by atoms with E-state index in [-0.39, 0.29) is 6.29 Å². The van der Waals surface area contributed by atoms with E-state index in [4.69, 9.17) is 8.92 Å². The summed E-state index contributed by atoms with van der Waals surface area (Å²) in [7, 11) is 0. The molecule has 4 N–H and O–H groups in total. The van der Waals surface area contributed by atoms with Crippen LogP contribution >= 0.6 is 12.0 Å². The third-order valence-corrected chi connectivity index (χ3v) is 3.61. The molecule has 20 heavy (non-hydrogen) atoms. The van der Waals surface area contributed by atoms with Gasteiger partial charge in [-0.05, 0) is 12.1 Å². The molecule has 0 saturated carbocycles. The zero-order valence-corrected chi connectivity index (χ0v) is 11.0. The number of rotatable bonds is 4. The van der Waals surface area contributed by atoms with Crippen molar-refractivity contribution in [2.24, 2.45) is 0 Å². The number of aldehydes is 1. The SMILES string of the molecule is O=C[C@H]1O[C@@](O)(OSc2ccccc2)[C@H](O)[C@@H](O)[C@@H]1O. The van der Waals surface area contributed by atoms with E-state index in [9.17, 15) is 25.2 Å². The van der Waals surface area contributed by atoms with Gasteiger partial charge in [0, 0.05) is 16.9 Å². The highest BCUT2D eigenvalue weighted by Gasteiger charge is 2.54. The van der Waals surface area contributed by atoms with Crippen molar-refractivity contribution < 1.29 is 34.1 Å². The number of aliphatic hydroxyl groups excluding tert-OH is 3. The molecule has 1 aliphatic heterocycles. The van der Waals surface area contributed by atoms with Crippen LogP contribution in [0.15, 0.2) is 35.2 Å². The summed E-state index contributed by atoms with van der Waals surface area (Å²) in [6.07, 6.45) is -6.64. The quantitative estimate of drug-likeness (QED) is 0.319. The molecule has 0 bridgehead atoms. The van der Waals surface area contributed by atoms with E-state index in [0.29, 0.717) is 16.9 Å². The second kappa shape index (κ2) is 6.19. The van der Waals surface area contributed by atoms with Gasteiger partial charge in [0.1, 0.15) is 18.3 Å². The van der Waals surface area contributed by atoms with E-state index in [1.807, 2.05) is 0 Å². The molecule has 1 saturated heterocycles. The van der Waals surface area contributed by atoms with Gasteiger partial charge >= 0.3 is 5.97 Å². The van der Waals surface area contributed by atoms with E-state index in [1.54, 1.807) is 30.3 Å². The molecule has 0 aromatic heterocycles. The third kappa shape index (κ3) is 3.01. The van der Waals surface area contributed by atoms with Crippen LogP contribution in [0.5, 0.6) is 0 Å². The molecule has 1 fully saturated rings. The van der Waals surface area contributed by atoms with Crippen molar-refractivity contribution in [3.8, 4) is 0 Å². The van der Waals surface area contributed by atoms with Gasteiger partial charge in [0.05, 0.1) is 0 Å². The van der Waals surface area contributed by atoms with E-state index in [1.165, 1.54) is 0 Å². The molecule has 0 spiro atoms. The molecular weight excluding hydrogens is 288 g/mol. The summed E-state index contributed by atoms with van der Waals surface area (Å²) < 4.78 is 9.81. The summed E-state index contributed by atoms with van der Waals surface area (Å²) in [5.74, 6) is -2.61. The van der Waals surface area contributed by atoms with Gasteiger partial charge in [0.2, 0.25) is 0 Å². The van der Waals surface area contributed by atoms with Crippen LogP contribution in [0.4, 0.5) is 0 Å². The molecule has 1 aromatic rings. The molecule has 1 aromatic carbocycles. The molecule has 0 amide bonds. The topological polar surface area (TPSA) is 116 Å². The maximum atomic E-state index is 10.7. The van der Waals surface area contributed by atoms with Crippen LogP contribution in [0.1, 0.15) is 0 Å². The summed E-state index contributed by atoms with van der Waals surface area (Å²) >= 11 is 0.702. The Balaban J connectivity index is 2.09. The van der Waals surface area contributed by atoms with Gasteiger partial charge in [-0.15, -0.1) is 0 Å². The van der Waals surface area contributed by atoms with Gasteiger partial charge in [-0.2, -0.15) is 0 Å². The number of benzene rings is 1. The molecule has 7 nitrogen and oxygen atoms in total. The fourth-order valence-electron chi connectivity index (χ4n) is 1.69. The van der Waals surface area contributed by atoms with E-state index in [0.717, 1.165) is 0 Å². The van der Waals surface area contributed by atoms with Gasteiger partial charge in [-0.3, -0.25) is 0 Å². The lowest BCUT2D eigenvalue weighted by Crippen LogP contribution is -2.65. The standard InChI is InChI=1S/C12H14O7S/c13-6-8-9(14)10(15)11(16)12(17,18-8)19-20-7-4-2-1-3-5-7/h1-6,8-11,14-17H/t8-,9-,10+,11-,12-/m1/s1. The van der Waals surface area contributed by atoms with Crippen LogP contribution in [0.25, 0.3) is 0 Å². The summed E-state index contributed by atoms with van der Waals surface area (Å²) in [6.45, 7) is 0. The number of hydrogen-bond donors (Lipinski definition) is 4. The zero-order valence-electron chi connectivity index (χ0n) is 10.2. The van der Waals surface area contributed by atoms with Crippen LogP contribution in [0, 0.1) is 0 Å². The minimum absolute atomic E-state index is 0.210. The second-order valence-corrected chi connectivity index (χ2v) is 5.06. The van der Waals surface area contributed by atoms with Crippen LogP contribution in [0.3, 0.4) is 0 Å². The Bertz CT molecular complexity index is 456. The van der Waals surface area contributed by atoms with Gasteiger partial charge in [0.25, 0.3) is 0 Å². The molecule has 0 radical (unpaired) electrons.